The minimum Gasteiger partial charge on any atom is -0.319 e. The second-order valence-corrected chi connectivity index (χ2v) is 5.88. The van der Waals surface area contributed by atoms with E-state index in [1.54, 1.807) is 0 Å². The van der Waals surface area contributed by atoms with Crippen molar-refractivity contribution in [3.05, 3.63) is 15.9 Å². The van der Waals surface area contributed by atoms with Crippen molar-refractivity contribution in [1.82, 2.24) is 15.1 Å². The molecule has 0 aliphatic heterocycles. The average Bonchev–Trinajstić information content (AvgIpc) is 3.01. The second-order valence-electron chi connectivity index (χ2n) is 5.08. The van der Waals surface area contributed by atoms with E-state index < -0.39 is 0 Å². The van der Waals surface area contributed by atoms with Crippen LogP contribution in [0.25, 0.3) is 0 Å². The number of aryl methyl sites for hydroxylation is 2. The normalized spacial score (nSPS) is 17.4. The number of aromatic nitrogens is 2. The summed E-state index contributed by atoms with van der Waals surface area (Å²) in [7, 11) is 2.05. The maximum absolute atomic E-state index is 4.67. The molecule has 4 heteroatoms. The highest BCUT2D eigenvalue weighted by Gasteiger charge is 2.43. The van der Waals surface area contributed by atoms with Crippen molar-refractivity contribution in [2.75, 3.05) is 13.6 Å². The summed E-state index contributed by atoms with van der Waals surface area (Å²) >= 11 is 3.73. The fourth-order valence-corrected chi connectivity index (χ4v) is 3.21. The lowest BCUT2D eigenvalue weighted by molar-refractivity contribution is 0.454. The standard InChI is InChI=1S/C13H22BrN3/c1-4-10-12(14)11(17(5-2)16-10)8-13(6-7-13)9-15-3/h15H,4-9H2,1-3H3. The monoisotopic (exact) mass is 299 g/mol. The molecular weight excluding hydrogens is 278 g/mol. The molecular formula is C13H22BrN3. The Labute approximate surface area is 112 Å². The molecule has 1 heterocycles. The van der Waals surface area contributed by atoms with Gasteiger partial charge in [0.1, 0.15) is 0 Å². The van der Waals surface area contributed by atoms with Gasteiger partial charge in [-0.25, -0.2) is 0 Å². The molecule has 0 aromatic carbocycles. The Balaban J connectivity index is 2.22. The summed E-state index contributed by atoms with van der Waals surface area (Å²) in [5, 5.41) is 7.99. The molecule has 3 nitrogen and oxygen atoms in total. The fraction of sp³-hybridized carbons (Fsp3) is 0.769. The van der Waals surface area contributed by atoms with Gasteiger partial charge in [-0.2, -0.15) is 5.10 Å². The van der Waals surface area contributed by atoms with Crippen LogP contribution in [0.1, 0.15) is 38.1 Å². The van der Waals surface area contributed by atoms with E-state index in [1.807, 2.05) is 7.05 Å². The van der Waals surface area contributed by atoms with Crippen LogP contribution < -0.4 is 5.32 Å². The van der Waals surface area contributed by atoms with Crippen LogP contribution in [0.4, 0.5) is 0 Å². The fourth-order valence-electron chi connectivity index (χ4n) is 2.51. The molecule has 1 aromatic rings. The molecule has 1 aromatic heterocycles. The van der Waals surface area contributed by atoms with Crippen LogP contribution in [0, 0.1) is 5.41 Å². The van der Waals surface area contributed by atoms with Crippen LogP contribution in [0.3, 0.4) is 0 Å². The number of rotatable bonds is 6. The molecule has 0 amide bonds. The van der Waals surface area contributed by atoms with E-state index in [0.717, 1.165) is 25.9 Å². The Kier molecular flexibility index (Phi) is 3.93. The molecule has 96 valence electrons. The maximum Gasteiger partial charge on any atom is 0.0766 e. The van der Waals surface area contributed by atoms with Gasteiger partial charge in [-0.1, -0.05) is 6.92 Å². The van der Waals surface area contributed by atoms with Gasteiger partial charge in [-0.3, -0.25) is 4.68 Å². The van der Waals surface area contributed by atoms with Crippen molar-refractivity contribution in [1.29, 1.82) is 0 Å². The molecule has 0 unspecified atom stereocenters. The van der Waals surface area contributed by atoms with E-state index in [-0.39, 0.29) is 0 Å². The van der Waals surface area contributed by atoms with E-state index in [1.165, 1.54) is 28.7 Å². The largest absolute Gasteiger partial charge is 0.319 e. The van der Waals surface area contributed by atoms with Crippen LogP contribution in [-0.4, -0.2) is 23.4 Å². The zero-order chi connectivity index (χ0) is 12.5. The molecule has 17 heavy (non-hydrogen) atoms. The minimum atomic E-state index is 0.495. The van der Waals surface area contributed by atoms with Gasteiger partial charge in [-0.05, 0) is 61.0 Å². The first-order valence-electron chi connectivity index (χ1n) is 6.54. The highest BCUT2D eigenvalue weighted by Crippen LogP contribution is 2.48. The van der Waals surface area contributed by atoms with E-state index >= 15 is 0 Å². The molecule has 0 atom stereocenters. The number of nitrogens with one attached hydrogen (secondary N) is 1. The molecule has 1 N–H and O–H groups in total. The second kappa shape index (κ2) is 5.11. The van der Waals surface area contributed by atoms with Gasteiger partial charge < -0.3 is 5.32 Å². The Hall–Kier alpha value is -0.350. The molecule has 0 spiro atoms. The lowest BCUT2D eigenvalue weighted by Crippen LogP contribution is -2.23. The minimum absolute atomic E-state index is 0.495. The van der Waals surface area contributed by atoms with Crippen molar-refractivity contribution in [2.24, 2.45) is 5.41 Å². The van der Waals surface area contributed by atoms with Crippen molar-refractivity contribution in [3.8, 4) is 0 Å². The van der Waals surface area contributed by atoms with Gasteiger partial charge >= 0.3 is 0 Å². The first-order chi connectivity index (χ1) is 8.15. The van der Waals surface area contributed by atoms with Gasteiger partial charge in [0.25, 0.3) is 0 Å². The molecule has 2 rings (SSSR count). The lowest BCUT2D eigenvalue weighted by Gasteiger charge is -2.15. The summed E-state index contributed by atoms with van der Waals surface area (Å²) in [6, 6.07) is 0. The number of nitrogens with zero attached hydrogens (tertiary/aromatic N) is 2. The van der Waals surface area contributed by atoms with E-state index in [2.05, 4.69) is 44.9 Å². The summed E-state index contributed by atoms with van der Waals surface area (Å²) in [5.74, 6) is 0. The molecule has 0 radical (unpaired) electrons. The van der Waals surface area contributed by atoms with Gasteiger partial charge in [-0.15, -0.1) is 0 Å². The summed E-state index contributed by atoms with van der Waals surface area (Å²) in [6.45, 7) is 6.41. The molecule has 1 saturated carbocycles. The molecule has 1 aliphatic carbocycles. The topological polar surface area (TPSA) is 29.9 Å². The Morgan fingerprint density at radius 2 is 2.12 bits per heavy atom. The van der Waals surface area contributed by atoms with Crippen LogP contribution in [0.15, 0.2) is 4.47 Å². The summed E-state index contributed by atoms with van der Waals surface area (Å²) in [4.78, 5) is 0. The van der Waals surface area contributed by atoms with E-state index in [9.17, 15) is 0 Å². The summed E-state index contributed by atoms with van der Waals surface area (Å²) < 4.78 is 3.41. The van der Waals surface area contributed by atoms with Crippen LogP contribution >= 0.6 is 15.9 Å². The molecule has 0 bridgehead atoms. The van der Waals surface area contributed by atoms with E-state index in [0.29, 0.717) is 5.41 Å². The van der Waals surface area contributed by atoms with Crippen molar-refractivity contribution < 1.29 is 0 Å². The van der Waals surface area contributed by atoms with Crippen molar-refractivity contribution >= 4 is 15.9 Å². The number of hydrogen-bond acceptors (Lipinski definition) is 2. The summed E-state index contributed by atoms with van der Waals surface area (Å²) in [5.41, 5.74) is 3.08. The quantitative estimate of drug-likeness (QED) is 0.875. The highest BCUT2D eigenvalue weighted by atomic mass is 79.9. The van der Waals surface area contributed by atoms with Crippen molar-refractivity contribution in [3.63, 3.8) is 0 Å². The molecule has 0 saturated heterocycles. The van der Waals surface area contributed by atoms with E-state index in [4.69, 9.17) is 0 Å². The van der Waals surface area contributed by atoms with Gasteiger partial charge in [0.2, 0.25) is 0 Å². The lowest BCUT2D eigenvalue weighted by atomic mass is 10.00. The van der Waals surface area contributed by atoms with Crippen LogP contribution in [0.5, 0.6) is 0 Å². The number of halogens is 1. The third-order valence-corrected chi connectivity index (χ3v) is 4.66. The predicted molar refractivity (Wildman–Crippen MR) is 74.3 cm³/mol. The van der Waals surface area contributed by atoms with Crippen molar-refractivity contribution in [2.45, 2.75) is 46.1 Å². The first-order valence-corrected chi connectivity index (χ1v) is 7.33. The molecule has 1 aliphatic rings. The Morgan fingerprint density at radius 3 is 2.59 bits per heavy atom. The summed E-state index contributed by atoms with van der Waals surface area (Å²) in [6.07, 6.45) is 4.84. The molecule has 1 fully saturated rings. The zero-order valence-electron chi connectivity index (χ0n) is 11.0. The highest BCUT2D eigenvalue weighted by molar-refractivity contribution is 9.10. The van der Waals surface area contributed by atoms with Crippen LogP contribution in [0.2, 0.25) is 0 Å². The zero-order valence-corrected chi connectivity index (χ0v) is 12.6. The SMILES string of the molecule is CCc1nn(CC)c(CC2(CNC)CC2)c1Br. The van der Waals surface area contributed by atoms with Gasteiger partial charge in [0.15, 0.2) is 0 Å². The third kappa shape index (κ3) is 2.58. The third-order valence-electron chi connectivity index (χ3n) is 3.75. The average molecular weight is 300 g/mol. The predicted octanol–water partition coefficient (Wildman–Crippen LogP) is 2.77. The number of hydrogen-bond donors (Lipinski definition) is 1. The Bertz CT molecular complexity index is 394. The van der Waals surface area contributed by atoms with Gasteiger partial charge in [0, 0.05) is 13.1 Å². The van der Waals surface area contributed by atoms with Crippen LogP contribution in [-0.2, 0) is 19.4 Å². The maximum atomic E-state index is 4.67. The first kappa shape index (κ1) is 13.1. The Morgan fingerprint density at radius 1 is 1.41 bits per heavy atom. The van der Waals surface area contributed by atoms with Gasteiger partial charge in [0.05, 0.1) is 15.9 Å². The smallest absolute Gasteiger partial charge is 0.0766 e.